The fourth-order valence-corrected chi connectivity index (χ4v) is 0. The van der Waals surface area contributed by atoms with Gasteiger partial charge in [-0.05, 0) is 0 Å². The van der Waals surface area contributed by atoms with E-state index in [1.807, 2.05) is 0 Å². The van der Waals surface area contributed by atoms with Crippen LogP contribution in [0, 0.1) is 0 Å². The molecule has 0 spiro atoms. The molecular weight excluding hydrogens is 223 g/mol. The van der Waals surface area contributed by atoms with Gasteiger partial charge in [0.1, 0.15) is 0 Å². The van der Waals surface area contributed by atoms with Crippen molar-refractivity contribution in [3.8, 4) is 0 Å². The summed E-state index contributed by atoms with van der Waals surface area (Å²) in [6.45, 7) is 0. The Hall–Kier alpha value is 2.39. The van der Waals surface area contributed by atoms with E-state index in [-0.39, 0.29) is 108 Å². The summed E-state index contributed by atoms with van der Waals surface area (Å²) in [6, 6.07) is 0. The molecule has 0 atom stereocenters. The molecule has 0 aliphatic rings. The van der Waals surface area contributed by atoms with Gasteiger partial charge in [-0.1, -0.05) is 0 Å². The third-order valence-electron chi connectivity index (χ3n) is 0. The molecule has 0 amide bonds. The predicted molar refractivity (Wildman–Crippen MR) is 19.7 cm³/mol. The molecule has 0 nitrogen and oxygen atoms in total. The number of hydrogen-bond donors (Lipinski definition) is 0. The maximum Gasteiger partial charge on any atom is 0 e. The summed E-state index contributed by atoms with van der Waals surface area (Å²) >= 11 is 0. The second-order valence-electron chi connectivity index (χ2n) is 0. The van der Waals surface area contributed by atoms with Crippen LogP contribution in [0.1, 0.15) is 0 Å². The van der Waals surface area contributed by atoms with Crippen molar-refractivity contribution < 1.29 is 56.2 Å². The molecule has 0 aromatic rings. The fourth-order valence-electron chi connectivity index (χ4n) is 0. The van der Waals surface area contributed by atoms with E-state index in [2.05, 4.69) is 0 Å². The minimum Gasteiger partial charge on any atom is 0 e. The Morgan fingerprint density at radius 3 is 0.429 bits per heavy atom. The van der Waals surface area contributed by atoms with Crippen molar-refractivity contribution in [1.82, 2.24) is 0 Å². The van der Waals surface area contributed by atoms with Gasteiger partial charge >= 0.3 is 51.4 Å². The normalized spacial score (nSPS) is 0. The van der Waals surface area contributed by atoms with Gasteiger partial charge < -0.3 is 0 Å². The molecule has 0 saturated carbocycles. The quantitative estimate of drug-likeness (QED) is 0.408. The average Bonchev–Trinajstić information content (AvgIpc) is 0. The van der Waals surface area contributed by atoms with Gasteiger partial charge in [0.15, 0.2) is 0 Å². The van der Waals surface area contributed by atoms with E-state index in [1.165, 1.54) is 0 Å². The smallest absolute Gasteiger partial charge is 0 e. The zero-order chi connectivity index (χ0) is 0. The summed E-state index contributed by atoms with van der Waals surface area (Å²) in [4.78, 5) is 0. The number of rotatable bonds is 0. The first-order valence-corrected chi connectivity index (χ1v) is 0. The first-order chi connectivity index (χ1) is 0. The molecule has 0 aliphatic heterocycles. The van der Waals surface area contributed by atoms with E-state index in [4.69, 9.17) is 0 Å². The molecule has 7 heavy (non-hydrogen) atoms. The predicted octanol–water partition coefficient (Wildman–Crippen LogP) is 0.111. The van der Waals surface area contributed by atoms with Crippen LogP contribution >= 0.6 is 0 Å². The molecule has 0 heterocycles. The minimum atomic E-state index is 0. The van der Waals surface area contributed by atoms with Crippen LogP contribution in [0.2, 0.25) is 0 Å². The molecule has 0 aromatic carbocycles. The molecular formula is H6F5KY. The van der Waals surface area contributed by atoms with Crippen molar-refractivity contribution in [2.45, 2.75) is 0 Å². The van der Waals surface area contributed by atoms with Crippen LogP contribution in [0.15, 0.2) is 0 Å². The van der Waals surface area contributed by atoms with Crippen molar-refractivity contribution in [1.29, 1.82) is 0 Å². The molecule has 0 rings (SSSR count). The van der Waals surface area contributed by atoms with Gasteiger partial charge in [-0.2, -0.15) is 0 Å². The molecule has 0 N–H and O–H groups in total. The molecule has 0 aliphatic carbocycles. The van der Waals surface area contributed by atoms with Crippen LogP contribution in [0.4, 0.5) is 23.5 Å². The molecule has 0 aromatic heterocycles. The van der Waals surface area contributed by atoms with E-state index >= 15 is 0 Å². The monoisotopic (exact) mass is 229 g/mol. The zero-order valence-corrected chi connectivity index (χ0v) is 5.46. The van der Waals surface area contributed by atoms with E-state index in [0.717, 1.165) is 0 Å². The third kappa shape index (κ3) is 60.0. The summed E-state index contributed by atoms with van der Waals surface area (Å²) in [5.41, 5.74) is 0. The van der Waals surface area contributed by atoms with E-state index < -0.39 is 0 Å². The van der Waals surface area contributed by atoms with E-state index in [9.17, 15) is 0 Å². The zero-order valence-electron chi connectivity index (χ0n) is 2.62. The Morgan fingerprint density at radius 1 is 0.429 bits per heavy atom. The van der Waals surface area contributed by atoms with Gasteiger partial charge in [-0.3, -0.25) is 23.5 Å². The fraction of sp³-hybridized carbons (Fsp3) is 0. The largest absolute Gasteiger partial charge is 0 e. The Kier molecular flexibility index (Phi) is 1330. The van der Waals surface area contributed by atoms with Crippen molar-refractivity contribution in [3.05, 3.63) is 0 Å². The standard InChI is InChI=1S/5FH.K.Y.H/h5*1H;;;. The Morgan fingerprint density at radius 2 is 0.429 bits per heavy atom. The maximum absolute atomic E-state index is 0. The summed E-state index contributed by atoms with van der Waals surface area (Å²) in [5.74, 6) is 0. The van der Waals surface area contributed by atoms with E-state index in [0.29, 0.717) is 0 Å². The Bertz CT molecular complexity index is 8.04. The van der Waals surface area contributed by atoms with Crippen LogP contribution in [0.3, 0.4) is 0 Å². The SMILES string of the molecule is F.F.F.F.F.[KH].[Y]. The van der Waals surface area contributed by atoms with Gasteiger partial charge in [0, 0.05) is 32.7 Å². The van der Waals surface area contributed by atoms with Crippen molar-refractivity contribution in [2.24, 2.45) is 0 Å². The second kappa shape index (κ2) is 80.2. The summed E-state index contributed by atoms with van der Waals surface area (Å²) < 4.78 is 0. The summed E-state index contributed by atoms with van der Waals surface area (Å²) in [7, 11) is 0. The molecule has 0 fully saturated rings. The van der Waals surface area contributed by atoms with Crippen molar-refractivity contribution in [2.75, 3.05) is 0 Å². The molecule has 0 bridgehead atoms. The topological polar surface area (TPSA) is 0 Å². The van der Waals surface area contributed by atoms with E-state index in [1.54, 1.807) is 0 Å². The molecule has 7 heteroatoms. The van der Waals surface area contributed by atoms with Crippen LogP contribution < -0.4 is 0 Å². The summed E-state index contributed by atoms with van der Waals surface area (Å²) in [6.07, 6.45) is 0. The van der Waals surface area contributed by atoms with Gasteiger partial charge in [0.2, 0.25) is 0 Å². The third-order valence-corrected chi connectivity index (χ3v) is 0. The van der Waals surface area contributed by atoms with Gasteiger partial charge in [0.25, 0.3) is 0 Å². The molecule has 0 unspecified atom stereocenters. The molecule has 45 valence electrons. The first-order valence-electron chi connectivity index (χ1n) is 0. The average molecular weight is 229 g/mol. The van der Waals surface area contributed by atoms with Crippen molar-refractivity contribution in [3.63, 3.8) is 0 Å². The second-order valence-corrected chi connectivity index (χ2v) is 0. The Labute approximate surface area is 105 Å². The minimum absolute atomic E-state index is 0. The molecule has 1 radical (unpaired) electrons. The van der Waals surface area contributed by atoms with Crippen molar-refractivity contribution >= 4 is 51.4 Å². The molecule has 0 saturated heterocycles. The number of halogens is 5. The number of hydrogen-bond acceptors (Lipinski definition) is 0. The summed E-state index contributed by atoms with van der Waals surface area (Å²) in [5, 5.41) is 0. The van der Waals surface area contributed by atoms with Crippen LogP contribution in [-0.4, -0.2) is 51.4 Å². The van der Waals surface area contributed by atoms with Gasteiger partial charge in [-0.25, -0.2) is 0 Å². The van der Waals surface area contributed by atoms with Crippen LogP contribution in [-0.2, 0) is 32.7 Å². The van der Waals surface area contributed by atoms with Gasteiger partial charge in [-0.15, -0.1) is 0 Å². The Balaban J connectivity index is 0. The first kappa shape index (κ1) is 116. The maximum atomic E-state index is 0. The van der Waals surface area contributed by atoms with Crippen LogP contribution in [0.25, 0.3) is 0 Å². The van der Waals surface area contributed by atoms with Crippen LogP contribution in [0.5, 0.6) is 0 Å². The van der Waals surface area contributed by atoms with Gasteiger partial charge in [0.05, 0.1) is 0 Å².